The van der Waals surface area contributed by atoms with E-state index in [9.17, 15) is 18.0 Å². The molecule has 0 aliphatic heterocycles. The van der Waals surface area contributed by atoms with E-state index in [-0.39, 0.29) is 12.8 Å². The van der Waals surface area contributed by atoms with Crippen molar-refractivity contribution >= 4 is 5.91 Å². The Morgan fingerprint density at radius 1 is 1.50 bits per heavy atom. The molecule has 0 radical (unpaired) electrons. The number of carbonyl (C=O) groups excluding carboxylic acids is 1. The number of ether oxygens (including phenoxy) is 1. The summed E-state index contributed by atoms with van der Waals surface area (Å²) in [6.45, 7) is -0.531. The number of rotatable bonds is 4. The largest absolute Gasteiger partial charge is 0.522 e. The van der Waals surface area contributed by atoms with Crippen LogP contribution in [0.2, 0.25) is 0 Å². The lowest BCUT2D eigenvalue weighted by Crippen LogP contribution is -2.30. The Kier molecular flexibility index (Phi) is 4.60. The van der Waals surface area contributed by atoms with Gasteiger partial charge in [-0.05, 0) is 6.42 Å². The molecule has 0 aromatic heterocycles. The Hall–Kier alpha value is -0.820. The lowest BCUT2D eigenvalue weighted by Gasteiger charge is -2.05. The first kappa shape index (κ1) is 11.2. The van der Waals surface area contributed by atoms with Crippen molar-refractivity contribution < 1.29 is 22.7 Å². The number of hydrazine groups is 1. The maximum absolute atomic E-state index is 11.3. The number of nitrogens with two attached hydrogens (primary N) is 1. The molecule has 0 aromatic carbocycles. The van der Waals surface area contributed by atoms with Crippen molar-refractivity contribution in [2.75, 3.05) is 6.61 Å². The number of halogens is 3. The zero-order valence-electron chi connectivity index (χ0n) is 6.15. The quantitative estimate of drug-likeness (QED) is 0.287. The fraction of sp³-hybridized carbons (Fsp3) is 0.800. The van der Waals surface area contributed by atoms with E-state index in [1.807, 2.05) is 0 Å². The van der Waals surface area contributed by atoms with Crippen LogP contribution in [0.15, 0.2) is 0 Å². The van der Waals surface area contributed by atoms with Crippen LogP contribution in [0.25, 0.3) is 0 Å². The van der Waals surface area contributed by atoms with E-state index < -0.39 is 18.9 Å². The molecule has 1 amide bonds. The number of hydrogen-bond acceptors (Lipinski definition) is 3. The molecule has 7 heteroatoms. The summed E-state index contributed by atoms with van der Waals surface area (Å²) in [5, 5.41) is 0. The van der Waals surface area contributed by atoms with Crippen LogP contribution in [0.4, 0.5) is 13.2 Å². The Morgan fingerprint density at radius 2 is 2.08 bits per heavy atom. The van der Waals surface area contributed by atoms with E-state index in [2.05, 4.69) is 10.6 Å². The standard InChI is InChI=1S/C5H9F3N2O2/c6-5(7,8)12-3-1-2-4(11)10-9/h1-3,9H2,(H,10,11). The molecule has 0 rings (SSSR count). The van der Waals surface area contributed by atoms with Crippen molar-refractivity contribution in [3.63, 3.8) is 0 Å². The summed E-state index contributed by atoms with van der Waals surface area (Å²) in [7, 11) is 0. The highest BCUT2D eigenvalue weighted by molar-refractivity contribution is 5.75. The molecule has 0 spiro atoms. The first-order valence-corrected chi connectivity index (χ1v) is 3.16. The summed E-state index contributed by atoms with van der Waals surface area (Å²) in [4.78, 5) is 10.4. The maximum atomic E-state index is 11.3. The van der Waals surface area contributed by atoms with Gasteiger partial charge in [-0.25, -0.2) is 5.84 Å². The molecule has 0 heterocycles. The molecule has 0 unspecified atom stereocenters. The Balaban J connectivity index is 3.28. The van der Waals surface area contributed by atoms with E-state index in [1.165, 1.54) is 0 Å². The molecule has 0 aliphatic rings. The minimum atomic E-state index is -4.63. The number of carbonyl (C=O) groups is 1. The van der Waals surface area contributed by atoms with Gasteiger partial charge in [-0.2, -0.15) is 0 Å². The van der Waals surface area contributed by atoms with E-state index in [0.717, 1.165) is 0 Å². The van der Waals surface area contributed by atoms with Gasteiger partial charge in [0, 0.05) is 6.42 Å². The molecule has 0 bridgehead atoms. The van der Waals surface area contributed by atoms with Gasteiger partial charge in [-0.3, -0.25) is 15.0 Å². The van der Waals surface area contributed by atoms with Crippen LogP contribution in [-0.2, 0) is 9.53 Å². The fourth-order valence-electron chi connectivity index (χ4n) is 0.493. The summed E-state index contributed by atoms with van der Waals surface area (Å²) < 4.78 is 37.3. The molecular formula is C5H9F3N2O2. The second-order valence-corrected chi connectivity index (χ2v) is 1.97. The molecule has 12 heavy (non-hydrogen) atoms. The van der Waals surface area contributed by atoms with Crippen LogP contribution < -0.4 is 11.3 Å². The highest BCUT2D eigenvalue weighted by atomic mass is 19.4. The molecule has 0 aliphatic carbocycles. The molecular weight excluding hydrogens is 177 g/mol. The Morgan fingerprint density at radius 3 is 2.50 bits per heavy atom. The maximum Gasteiger partial charge on any atom is 0.522 e. The van der Waals surface area contributed by atoms with Crippen molar-refractivity contribution in [3.05, 3.63) is 0 Å². The molecule has 0 atom stereocenters. The SMILES string of the molecule is NNC(=O)CCCOC(F)(F)F. The average Bonchev–Trinajstić information content (AvgIpc) is 1.96. The molecule has 0 aromatic rings. The van der Waals surface area contributed by atoms with Crippen molar-refractivity contribution in [3.8, 4) is 0 Å². The highest BCUT2D eigenvalue weighted by Crippen LogP contribution is 2.16. The second kappa shape index (κ2) is 4.94. The number of hydrogen-bond donors (Lipinski definition) is 2. The van der Waals surface area contributed by atoms with Crippen LogP contribution in [0, 0.1) is 0 Å². The third-order valence-electron chi connectivity index (χ3n) is 0.975. The van der Waals surface area contributed by atoms with Crippen LogP contribution in [0.1, 0.15) is 12.8 Å². The van der Waals surface area contributed by atoms with Crippen LogP contribution >= 0.6 is 0 Å². The number of amides is 1. The predicted octanol–water partition coefficient (Wildman–Crippen LogP) is 0.293. The first-order valence-electron chi connectivity index (χ1n) is 3.16. The van der Waals surface area contributed by atoms with Gasteiger partial charge >= 0.3 is 6.36 Å². The lowest BCUT2D eigenvalue weighted by molar-refractivity contribution is -0.324. The van der Waals surface area contributed by atoms with Crippen molar-refractivity contribution in [2.24, 2.45) is 5.84 Å². The summed E-state index contributed by atoms with van der Waals surface area (Å²) in [5.41, 5.74) is 1.79. The summed E-state index contributed by atoms with van der Waals surface area (Å²) in [6, 6.07) is 0. The van der Waals surface area contributed by atoms with Crippen molar-refractivity contribution in [1.82, 2.24) is 5.43 Å². The monoisotopic (exact) mass is 186 g/mol. The van der Waals surface area contributed by atoms with Crippen LogP contribution in [0.5, 0.6) is 0 Å². The second-order valence-electron chi connectivity index (χ2n) is 1.97. The molecule has 3 N–H and O–H groups in total. The first-order chi connectivity index (χ1) is 5.45. The van der Waals surface area contributed by atoms with Gasteiger partial charge in [-0.1, -0.05) is 0 Å². The normalized spacial score (nSPS) is 11.3. The fourth-order valence-corrected chi connectivity index (χ4v) is 0.493. The number of alkyl halides is 3. The van der Waals surface area contributed by atoms with Crippen molar-refractivity contribution in [2.45, 2.75) is 19.2 Å². The molecule has 0 saturated heterocycles. The van der Waals surface area contributed by atoms with Gasteiger partial charge in [0.25, 0.3) is 0 Å². The summed E-state index contributed by atoms with van der Waals surface area (Å²) >= 11 is 0. The summed E-state index contributed by atoms with van der Waals surface area (Å²) in [6.07, 6.45) is -4.71. The van der Waals surface area contributed by atoms with Gasteiger partial charge in [0.1, 0.15) is 0 Å². The Bertz CT molecular complexity index is 148. The van der Waals surface area contributed by atoms with E-state index in [0.29, 0.717) is 0 Å². The van der Waals surface area contributed by atoms with Gasteiger partial charge in [0.05, 0.1) is 6.61 Å². The molecule has 0 saturated carbocycles. The average molecular weight is 186 g/mol. The van der Waals surface area contributed by atoms with Gasteiger partial charge in [-0.15, -0.1) is 13.2 Å². The van der Waals surface area contributed by atoms with Crippen molar-refractivity contribution in [1.29, 1.82) is 0 Å². The third-order valence-corrected chi connectivity index (χ3v) is 0.975. The minimum absolute atomic E-state index is 0.0114. The van der Waals surface area contributed by atoms with Gasteiger partial charge < -0.3 is 0 Å². The number of nitrogens with one attached hydrogen (secondary N) is 1. The van der Waals surface area contributed by atoms with Crippen LogP contribution in [-0.4, -0.2) is 18.9 Å². The predicted molar refractivity (Wildman–Crippen MR) is 33.6 cm³/mol. The van der Waals surface area contributed by atoms with Crippen LogP contribution in [0.3, 0.4) is 0 Å². The smallest absolute Gasteiger partial charge is 0.294 e. The molecule has 72 valence electrons. The summed E-state index contributed by atoms with van der Waals surface area (Å²) in [5.74, 6) is 4.16. The van der Waals surface area contributed by atoms with E-state index >= 15 is 0 Å². The van der Waals surface area contributed by atoms with E-state index in [4.69, 9.17) is 0 Å². The lowest BCUT2D eigenvalue weighted by atomic mass is 10.3. The van der Waals surface area contributed by atoms with Gasteiger partial charge in [0.2, 0.25) is 5.91 Å². The topological polar surface area (TPSA) is 64.3 Å². The Labute approximate surface area is 66.8 Å². The third kappa shape index (κ3) is 7.29. The zero-order valence-corrected chi connectivity index (χ0v) is 6.15. The highest BCUT2D eigenvalue weighted by Gasteiger charge is 2.28. The minimum Gasteiger partial charge on any atom is -0.294 e. The van der Waals surface area contributed by atoms with E-state index in [1.54, 1.807) is 5.43 Å². The zero-order chi connectivity index (χ0) is 9.61. The van der Waals surface area contributed by atoms with Gasteiger partial charge in [0.15, 0.2) is 0 Å². The molecule has 0 fully saturated rings. The molecule has 4 nitrogen and oxygen atoms in total.